The van der Waals surface area contributed by atoms with E-state index >= 15 is 0 Å². The molecule has 3 amide bonds. The highest BCUT2D eigenvalue weighted by Gasteiger charge is 2.39. The molecule has 1 aromatic heterocycles. The Morgan fingerprint density at radius 2 is 1.68 bits per heavy atom. The largest absolute Gasteiger partial charge is 0.329 e. The van der Waals surface area contributed by atoms with Crippen molar-refractivity contribution < 1.29 is 9.59 Å². The van der Waals surface area contributed by atoms with Gasteiger partial charge in [-0.25, -0.2) is 4.79 Å². The molecule has 0 radical (unpaired) electrons. The van der Waals surface area contributed by atoms with Crippen molar-refractivity contribution in [3.05, 3.63) is 58.5 Å². The molecule has 0 unspecified atom stereocenters. The smallest absolute Gasteiger partial charge is 0.318 e. The summed E-state index contributed by atoms with van der Waals surface area (Å²) in [6.07, 6.45) is 6.99. The number of aryl methyl sites for hydroxylation is 2. The van der Waals surface area contributed by atoms with E-state index in [0.717, 1.165) is 48.3 Å². The van der Waals surface area contributed by atoms with Gasteiger partial charge in [-0.05, 0) is 63.5 Å². The highest BCUT2D eigenvalue weighted by atomic mass is 16.2. The second-order valence-corrected chi connectivity index (χ2v) is 7.95. The van der Waals surface area contributed by atoms with Crippen LogP contribution in [0.5, 0.6) is 0 Å². The van der Waals surface area contributed by atoms with Crippen LogP contribution >= 0.6 is 0 Å². The van der Waals surface area contributed by atoms with Gasteiger partial charge in [0.1, 0.15) is 5.70 Å². The number of nitrogens with zero attached hydrogens (tertiary/aromatic N) is 2. The van der Waals surface area contributed by atoms with Gasteiger partial charge in [0.25, 0.3) is 5.91 Å². The average Bonchev–Trinajstić information content (AvgIpc) is 3.12. The van der Waals surface area contributed by atoms with Gasteiger partial charge in [0, 0.05) is 23.1 Å². The summed E-state index contributed by atoms with van der Waals surface area (Å²) in [5.41, 5.74) is 5.78. The summed E-state index contributed by atoms with van der Waals surface area (Å²) in [7, 11) is 0. The van der Waals surface area contributed by atoms with Crippen LogP contribution in [0, 0.1) is 20.8 Å². The number of carbonyl (C=O) groups is 2. The molecule has 0 spiro atoms. The van der Waals surface area contributed by atoms with Crippen molar-refractivity contribution in [2.24, 2.45) is 0 Å². The van der Waals surface area contributed by atoms with Crippen LogP contribution in [-0.4, -0.2) is 27.4 Å². The molecule has 1 aliphatic carbocycles. The summed E-state index contributed by atoms with van der Waals surface area (Å²) in [5.74, 6) is -0.197. The first-order valence-electron chi connectivity index (χ1n) is 10.1. The summed E-state index contributed by atoms with van der Waals surface area (Å²) in [5, 5.41) is 2.79. The van der Waals surface area contributed by atoms with E-state index in [1.165, 1.54) is 16.9 Å². The van der Waals surface area contributed by atoms with Crippen molar-refractivity contribution in [2.45, 2.75) is 58.9 Å². The first kappa shape index (κ1) is 18.5. The van der Waals surface area contributed by atoms with Gasteiger partial charge in [0.15, 0.2) is 0 Å². The van der Waals surface area contributed by atoms with Gasteiger partial charge in [-0.3, -0.25) is 9.69 Å². The summed E-state index contributed by atoms with van der Waals surface area (Å²) < 4.78 is 2.17. The molecule has 5 heteroatoms. The number of hydrogen-bond donors (Lipinski definition) is 1. The molecule has 2 aliphatic rings. The van der Waals surface area contributed by atoms with E-state index in [1.807, 2.05) is 13.0 Å². The van der Waals surface area contributed by atoms with E-state index in [2.05, 4.69) is 54.1 Å². The third-order valence-electron chi connectivity index (χ3n) is 5.91. The quantitative estimate of drug-likeness (QED) is 0.626. The molecule has 0 bridgehead atoms. The lowest BCUT2D eigenvalue weighted by Crippen LogP contribution is -2.41. The van der Waals surface area contributed by atoms with Crippen molar-refractivity contribution in [3.8, 4) is 5.69 Å². The highest BCUT2D eigenvalue weighted by molar-refractivity contribution is 6.14. The van der Waals surface area contributed by atoms with Crippen LogP contribution in [0.4, 0.5) is 4.79 Å². The summed E-state index contributed by atoms with van der Waals surface area (Å²) in [4.78, 5) is 26.8. The third kappa shape index (κ3) is 3.26. The second kappa shape index (κ2) is 7.30. The zero-order valence-corrected chi connectivity index (χ0v) is 16.8. The van der Waals surface area contributed by atoms with Gasteiger partial charge in [-0.15, -0.1) is 0 Å². The van der Waals surface area contributed by atoms with Crippen LogP contribution in [0.15, 0.2) is 36.0 Å². The minimum atomic E-state index is -0.282. The van der Waals surface area contributed by atoms with E-state index < -0.39 is 0 Å². The molecule has 4 rings (SSSR count). The number of nitrogens with one attached hydrogen (secondary N) is 1. The predicted molar refractivity (Wildman–Crippen MR) is 110 cm³/mol. The second-order valence-electron chi connectivity index (χ2n) is 7.95. The lowest BCUT2D eigenvalue weighted by atomic mass is 9.94. The number of urea groups is 1. The van der Waals surface area contributed by atoms with Crippen LogP contribution in [0.2, 0.25) is 0 Å². The predicted octanol–water partition coefficient (Wildman–Crippen LogP) is 4.63. The van der Waals surface area contributed by atoms with Crippen molar-refractivity contribution in [1.29, 1.82) is 0 Å². The Morgan fingerprint density at radius 3 is 2.36 bits per heavy atom. The van der Waals surface area contributed by atoms with Gasteiger partial charge >= 0.3 is 6.03 Å². The van der Waals surface area contributed by atoms with Crippen LogP contribution in [0.25, 0.3) is 11.8 Å². The molecule has 1 N–H and O–H groups in total. The maximum Gasteiger partial charge on any atom is 0.329 e. The monoisotopic (exact) mass is 377 g/mol. The van der Waals surface area contributed by atoms with Crippen LogP contribution in [-0.2, 0) is 4.79 Å². The Morgan fingerprint density at radius 1 is 1.00 bits per heavy atom. The van der Waals surface area contributed by atoms with Crippen LogP contribution in [0.3, 0.4) is 0 Å². The third-order valence-corrected chi connectivity index (χ3v) is 5.91. The fourth-order valence-electron chi connectivity index (χ4n) is 4.40. The molecule has 28 heavy (non-hydrogen) atoms. The number of carbonyl (C=O) groups excluding carboxylic acids is 2. The molecule has 1 aliphatic heterocycles. The Kier molecular flexibility index (Phi) is 4.84. The number of hydrogen-bond acceptors (Lipinski definition) is 2. The fraction of sp³-hybridized carbons (Fsp3) is 0.391. The molecule has 146 valence electrons. The SMILES string of the molecule is Cc1ccc(-n2c(C)cc(/C=C3\NC(=O)N(C4CCCCC4)C3=O)c2C)cc1. The van der Waals surface area contributed by atoms with Gasteiger partial charge in [-0.2, -0.15) is 0 Å². The summed E-state index contributed by atoms with van der Waals surface area (Å²) >= 11 is 0. The van der Waals surface area contributed by atoms with E-state index in [9.17, 15) is 9.59 Å². The maximum absolute atomic E-state index is 12.9. The van der Waals surface area contributed by atoms with Crippen molar-refractivity contribution >= 4 is 18.0 Å². The number of amides is 3. The normalized spacial score (nSPS) is 19.5. The molecule has 5 nitrogen and oxygen atoms in total. The van der Waals surface area contributed by atoms with E-state index in [-0.39, 0.29) is 18.0 Å². The van der Waals surface area contributed by atoms with Gasteiger partial charge in [-0.1, -0.05) is 37.0 Å². The molecule has 2 aromatic rings. The van der Waals surface area contributed by atoms with Crippen LogP contribution < -0.4 is 5.32 Å². The topological polar surface area (TPSA) is 54.3 Å². The van der Waals surface area contributed by atoms with E-state index in [4.69, 9.17) is 0 Å². The Bertz CT molecular complexity index is 947. The van der Waals surface area contributed by atoms with E-state index in [1.54, 1.807) is 0 Å². The lowest BCUT2D eigenvalue weighted by Gasteiger charge is -2.28. The molecule has 2 fully saturated rings. The minimum Gasteiger partial charge on any atom is -0.318 e. The number of benzene rings is 1. The van der Waals surface area contributed by atoms with Gasteiger partial charge in [0.05, 0.1) is 0 Å². The molecular weight excluding hydrogens is 350 g/mol. The Labute approximate surface area is 166 Å². The first-order chi connectivity index (χ1) is 13.5. The van der Waals surface area contributed by atoms with Crippen molar-refractivity contribution in [1.82, 2.24) is 14.8 Å². The number of aromatic nitrogens is 1. The maximum atomic E-state index is 12.9. The highest BCUT2D eigenvalue weighted by Crippen LogP contribution is 2.28. The molecule has 1 saturated carbocycles. The summed E-state index contributed by atoms with van der Waals surface area (Å²) in [6.45, 7) is 6.17. The average molecular weight is 377 g/mol. The molecule has 1 saturated heterocycles. The van der Waals surface area contributed by atoms with Gasteiger partial charge < -0.3 is 9.88 Å². The minimum absolute atomic E-state index is 0.0344. The summed E-state index contributed by atoms with van der Waals surface area (Å²) in [6, 6.07) is 10.2. The first-order valence-corrected chi connectivity index (χ1v) is 10.1. The molecule has 1 aromatic carbocycles. The molecule has 0 atom stereocenters. The zero-order chi connectivity index (χ0) is 19.8. The Hall–Kier alpha value is -2.82. The van der Waals surface area contributed by atoms with Crippen molar-refractivity contribution in [3.63, 3.8) is 0 Å². The Balaban J connectivity index is 1.64. The van der Waals surface area contributed by atoms with Crippen molar-refractivity contribution in [2.75, 3.05) is 0 Å². The number of imide groups is 1. The standard InChI is InChI=1S/C23H27N3O2/c1-15-9-11-20(12-10-15)25-16(2)13-18(17(25)3)14-21-22(27)26(23(28)24-21)19-7-5-4-6-8-19/h9-14,19H,4-8H2,1-3H3,(H,24,28)/b21-14-. The number of rotatable bonds is 3. The fourth-order valence-corrected chi connectivity index (χ4v) is 4.40. The zero-order valence-electron chi connectivity index (χ0n) is 16.8. The molecule has 2 heterocycles. The van der Waals surface area contributed by atoms with E-state index in [0.29, 0.717) is 5.70 Å². The lowest BCUT2D eigenvalue weighted by molar-refractivity contribution is -0.124. The molecular formula is C23H27N3O2. The van der Waals surface area contributed by atoms with Crippen LogP contribution in [0.1, 0.15) is 54.6 Å². The van der Waals surface area contributed by atoms with Gasteiger partial charge in [0.2, 0.25) is 0 Å².